The quantitative estimate of drug-likeness (QED) is 0.685. The van der Waals surface area contributed by atoms with E-state index in [-0.39, 0.29) is 0 Å². The lowest BCUT2D eigenvalue weighted by molar-refractivity contribution is 0.468. The van der Waals surface area contributed by atoms with Gasteiger partial charge in [0.2, 0.25) is 0 Å². The topological polar surface area (TPSA) is 20.2 Å². The number of fused-ring (bicyclic) bond motifs is 1. The zero-order valence-electron chi connectivity index (χ0n) is 7.52. The van der Waals surface area contributed by atoms with Gasteiger partial charge in [0.25, 0.3) is 0 Å². The number of aryl methyl sites for hydroxylation is 1. The van der Waals surface area contributed by atoms with Crippen molar-refractivity contribution in [3.05, 3.63) is 28.8 Å². The first kappa shape index (κ1) is 8.89. The van der Waals surface area contributed by atoms with Gasteiger partial charge in [-0.3, -0.25) is 0 Å². The van der Waals surface area contributed by atoms with Gasteiger partial charge in [0.1, 0.15) is 5.75 Å². The van der Waals surface area contributed by atoms with Crippen LogP contribution in [0.3, 0.4) is 0 Å². The number of halogens is 1. The van der Waals surface area contributed by atoms with Crippen LogP contribution in [-0.4, -0.2) is 5.11 Å². The molecule has 1 aromatic rings. The molecule has 0 spiro atoms. The van der Waals surface area contributed by atoms with Crippen molar-refractivity contribution in [1.82, 2.24) is 0 Å². The summed E-state index contributed by atoms with van der Waals surface area (Å²) in [5, 5.41) is 9.58. The molecule has 1 aromatic carbocycles. The molecule has 2 rings (SSSR count). The molecular formula is C11H13ClO. The lowest BCUT2D eigenvalue weighted by Gasteiger charge is -2.19. The SMILES string of the molecule is Oc1ccc2c(c1CCl)CCCC2. The predicted octanol–water partition coefficient (Wildman–Crippen LogP) is 3.01. The highest BCUT2D eigenvalue weighted by atomic mass is 35.5. The minimum absolute atomic E-state index is 0.357. The lowest BCUT2D eigenvalue weighted by Crippen LogP contribution is -2.05. The van der Waals surface area contributed by atoms with Gasteiger partial charge in [0.05, 0.1) is 5.88 Å². The van der Waals surface area contributed by atoms with E-state index in [4.69, 9.17) is 11.6 Å². The number of hydrogen-bond acceptors (Lipinski definition) is 1. The zero-order chi connectivity index (χ0) is 9.26. The van der Waals surface area contributed by atoms with Crippen LogP contribution in [-0.2, 0) is 18.7 Å². The van der Waals surface area contributed by atoms with Gasteiger partial charge in [-0.2, -0.15) is 0 Å². The van der Waals surface area contributed by atoms with Gasteiger partial charge in [-0.25, -0.2) is 0 Å². The van der Waals surface area contributed by atoms with Crippen LogP contribution in [0.1, 0.15) is 29.5 Å². The first-order chi connectivity index (χ1) is 6.33. The number of benzene rings is 1. The standard InChI is InChI=1S/C11H13ClO/c12-7-10-9-4-2-1-3-8(9)5-6-11(10)13/h5-6,13H,1-4,7H2. The lowest BCUT2D eigenvalue weighted by atomic mass is 9.88. The Morgan fingerprint density at radius 1 is 1.23 bits per heavy atom. The molecule has 0 saturated heterocycles. The Morgan fingerprint density at radius 2 is 2.00 bits per heavy atom. The highest BCUT2D eigenvalue weighted by Gasteiger charge is 2.15. The smallest absolute Gasteiger partial charge is 0.120 e. The van der Waals surface area contributed by atoms with E-state index in [9.17, 15) is 5.11 Å². The summed E-state index contributed by atoms with van der Waals surface area (Å²) in [7, 11) is 0. The van der Waals surface area contributed by atoms with Crippen molar-refractivity contribution in [2.45, 2.75) is 31.6 Å². The molecule has 0 bridgehead atoms. The van der Waals surface area contributed by atoms with Crippen molar-refractivity contribution in [2.24, 2.45) is 0 Å². The fourth-order valence-electron chi connectivity index (χ4n) is 2.04. The number of hydrogen-bond donors (Lipinski definition) is 1. The van der Waals surface area contributed by atoms with Gasteiger partial charge in [-0.1, -0.05) is 6.07 Å². The predicted molar refractivity (Wildman–Crippen MR) is 54.3 cm³/mol. The van der Waals surface area contributed by atoms with Crippen LogP contribution in [0, 0.1) is 0 Å². The Bertz CT molecular complexity index is 320. The monoisotopic (exact) mass is 196 g/mol. The van der Waals surface area contributed by atoms with E-state index in [2.05, 4.69) is 0 Å². The first-order valence-electron chi connectivity index (χ1n) is 4.71. The van der Waals surface area contributed by atoms with Crippen molar-refractivity contribution in [1.29, 1.82) is 0 Å². The minimum atomic E-state index is 0.357. The summed E-state index contributed by atoms with van der Waals surface area (Å²) in [4.78, 5) is 0. The van der Waals surface area contributed by atoms with E-state index >= 15 is 0 Å². The summed E-state index contributed by atoms with van der Waals surface area (Å²) in [6.45, 7) is 0. The molecule has 13 heavy (non-hydrogen) atoms. The van der Waals surface area contributed by atoms with Crippen LogP contribution in [0.2, 0.25) is 0 Å². The molecular weight excluding hydrogens is 184 g/mol. The highest BCUT2D eigenvalue weighted by Crippen LogP contribution is 2.31. The molecule has 1 aliphatic carbocycles. The van der Waals surface area contributed by atoms with E-state index in [1.165, 1.54) is 24.0 Å². The Balaban J connectivity index is 2.52. The molecule has 70 valence electrons. The summed E-state index contributed by atoms with van der Waals surface area (Å²) in [6, 6.07) is 3.79. The summed E-state index contributed by atoms with van der Waals surface area (Å²) in [6.07, 6.45) is 4.70. The third-order valence-electron chi connectivity index (χ3n) is 2.76. The maximum absolute atomic E-state index is 9.58. The molecule has 0 atom stereocenters. The van der Waals surface area contributed by atoms with E-state index in [1.54, 1.807) is 6.07 Å². The van der Waals surface area contributed by atoms with E-state index in [0.717, 1.165) is 18.4 Å². The summed E-state index contributed by atoms with van der Waals surface area (Å²) in [5.41, 5.74) is 3.61. The first-order valence-corrected chi connectivity index (χ1v) is 5.25. The molecule has 2 heteroatoms. The zero-order valence-corrected chi connectivity index (χ0v) is 8.27. The van der Waals surface area contributed by atoms with Gasteiger partial charge in [-0.05, 0) is 42.9 Å². The number of aromatic hydroxyl groups is 1. The Hall–Kier alpha value is -0.690. The molecule has 1 N–H and O–H groups in total. The summed E-state index contributed by atoms with van der Waals surface area (Å²) in [5.74, 6) is 0.783. The minimum Gasteiger partial charge on any atom is -0.508 e. The van der Waals surface area contributed by atoms with Crippen molar-refractivity contribution in [2.75, 3.05) is 0 Å². The fraction of sp³-hybridized carbons (Fsp3) is 0.455. The van der Waals surface area contributed by atoms with Crippen LogP contribution >= 0.6 is 11.6 Å². The average Bonchev–Trinajstić information content (AvgIpc) is 2.18. The van der Waals surface area contributed by atoms with Gasteiger partial charge < -0.3 is 5.11 Å². The molecule has 0 fully saturated rings. The molecule has 0 saturated carbocycles. The Labute approximate surface area is 83.3 Å². The number of rotatable bonds is 1. The number of phenolic OH excluding ortho intramolecular Hbond substituents is 1. The second-order valence-corrected chi connectivity index (χ2v) is 3.81. The largest absolute Gasteiger partial charge is 0.508 e. The normalized spacial score (nSPS) is 15.5. The molecule has 1 nitrogen and oxygen atoms in total. The third kappa shape index (κ3) is 1.53. The molecule has 0 unspecified atom stereocenters. The van der Waals surface area contributed by atoms with Crippen molar-refractivity contribution >= 4 is 11.6 Å². The van der Waals surface area contributed by atoms with E-state index in [0.29, 0.717) is 11.6 Å². The van der Waals surface area contributed by atoms with Gasteiger partial charge in [0.15, 0.2) is 0 Å². The second-order valence-electron chi connectivity index (χ2n) is 3.54. The third-order valence-corrected chi connectivity index (χ3v) is 3.03. The van der Waals surface area contributed by atoms with Gasteiger partial charge in [-0.15, -0.1) is 11.6 Å². The Kier molecular flexibility index (Phi) is 2.45. The van der Waals surface area contributed by atoms with Crippen LogP contribution in [0.4, 0.5) is 0 Å². The maximum Gasteiger partial charge on any atom is 0.120 e. The summed E-state index contributed by atoms with van der Waals surface area (Å²) >= 11 is 5.81. The van der Waals surface area contributed by atoms with Gasteiger partial charge >= 0.3 is 0 Å². The van der Waals surface area contributed by atoms with E-state index < -0.39 is 0 Å². The van der Waals surface area contributed by atoms with Crippen molar-refractivity contribution in [3.63, 3.8) is 0 Å². The van der Waals surface area contributed by atoms with Crippen molar-refractivity contribution < 1.29 is 5.11 Å². The molecule has 0 aromatic heterocycles. The molecule has 0 amide bonds. The maximum atomic E-state index is 9.58. The van der Waals surface area contributed by atoms with Crippen LogP contribution in [0.15, 0.2) is 12.1 Å². The van der Waals surface area contributed by atoms with Gasteiger partial charge in [0, 0.05) is 5.56 Å². The molecule has 0 heterocycles. The average molecular weight is 197 g/mol. The van der Waals surface area contributed by atoms with Crippen LogP contribution in [0.5, 0.6) is 5.75 Å². The summed E-state index contributed by atoms with van der Waals surface area (Å²) < 4.78 is 0. The number of phenols is 1. The molecule has 0 radical (unpaired) electrons. The van der Waals surface area contributed by atoms with Crippen LogP contribution < -0.4 is 0 Å². The second kappa shape index (κ2) is 3.59. The molecule has 1 aliphatic rings. The van der Waals surface area contributed by atoms with Crippen molar-refractivity contribution in [3.8, 4) is 5.75 Å². The van der Waals surface area contributed by atoms with E-state index in [1.807, 2.05) is 6.07 Å². The fourth-order valence-corrected chi connectivity index (χ4v) is 2.34. The Morgan fingerprint density at radius 3 is 2.77 bits per heavy atom. The number of alkyl halides is 1. The van der Waals surface area contributed by atoms with Crippen LogP contribution in [0.25, 0.3) is 0 Å². The highest BCUT2D eigenvalue weighted by molar-refractivity contribution is 6.17. The molecule has 0 aliphatic heterocycles.